The molecule has 3 rings (SSSR count). The van der Waals surface area contributed by atoms with Crippen molar-refractivity contribution in [3.05, 3.63) is 35.9 Å². The van der Waals surface area contributed by atoms with Gasteiger partial charge in [-0.05, 0) is 24.3 Å². The third-order valence-electron chi connectivity index (χ3n) is 4.84. The highest BCUT2D eigenvalue weighted by molar-refractivity contribution is 6.04. The Kier molecular flexibility index (Phi) is 5.13. The van der Waals surface area contributed by atoms with E-state index in [1.807, 2.05) is 30.3 Å². The summed E-state index contributed by atoms with van der Waals surface area (Å²) < 4.78 is 0. The van der Waals surface area contributed by atoms with Gasteiger partial charge in [0.15, 0.2) is 0 Å². The zero-order chi connectivity index (χ0) is 16.9. The summed E-state index contributed by atoms with van der Waals surface area (Å²) in [5, 5.41) is 5.49. The first-order valence-corrected chi connectivity index (χ1v) is 8.57. The molecule has 1 saturated heterocycles. The molecule has 4 amide bonds. The average molecular weight is 329 g/mol. The van der Waals surface area contributed by atoms with Crippen molar-refractivity contribution in [3.8, 4) is 0 Å². The van der Waals surface area contributed by atoms with E-state index in [2.05, 4.69) is 10.6 Å². The Hall–Kier alpha value is -2.37. The van der Waals surface area contributed by atoms with E-state index in [0.29, 0.717) is 5.92 Å². The van der Waals surface area contributed by atoms with Crippen molar-refractivity contribution < 1.29 is 14.4 Å². The number of benzene rings is 1. The summed E-state index contributed by atoms with van der Waals surface area (Å²) in [5.74, 6) is -0.253. The molecular formula is C18H23N3O3. The fourth-order valence-corrected chi connectivity index (χ4v) is 3.58. The minimum Gasteiger partial charge on any atom is -0.347 e. The molecule has 24 heavy (non-hydrogen) atoms. The highest BCUT2D eigenvalue weighted by Crippen LogP contribution is 2.34. The summed E-state index contributed by atoms with van der Waals surface area (Å²) in [6.07, 6.45) is 5.77. The Morgan fingerprint density at radius 3 is 2.50 bits per heavy atom. The second-order valence-electron chi connectivity index (χ2n) is 6.49. The molecule has 1 aliphatic heterocycles. The van der Waals surface area contributed by atoms with Crippen molar-refractivity contribution in [2.24, 2.45) is 5.92 Å². The lowest BCUT2D eigenvalue weighted by molar-refractivity contribution is -0.131. The second kappa shape index (κ2) is 7.47. The summed E-state index contributed by atoms with van der Waals surface area (Å²) in [6.45, 7) is -0.252. The number of amides is 4. The van der Waals surface area contributed by atoms with Crippen molar-refractivity contribution in [2.45, 2.75) is 38.1 Å². The number of nitrogens with zero attached hydrogens (tertiary/aromatic N) is 1. The van der Waals surface area contributed by atoms with Gasteiger partial charge in [0, 0.05) is 0 Å². The topological polar surface area (TPSA) is 78.5 Å². The number of carbonyl (C=O) groups excluding carboxylic acids is 3. The van der Waals surface area contributed by atoms with Gasteiger partial charge in [0.05, 0.1) is 12.6 Å². The van der Waals surface area contributed by atoms with Crippen LogP contribution in [-0.4, -0.2) is 35.8 Å². The molecule has 1 atom stereocenters. The Morgan fingerprint density at radius 1 is 1.17 bits per heavy atom. The van der Waals surface area contributed by atoms with Crippen molar-refractivity contribution in [1.29, 1.82) is 0 Å². The largest absolute Gasteiger partial charge is 0.347 e. The van der Waals surface area contributed by atoms with E-state index >= 15 is 0 Å². The molecule has 1 aliphatic carbocycles. The molecule has 0 aromatic heterocycles. The van der Waals surface area contributed by atoms with E-state index in [1.165, 1.54) is 19.3 Å². The van der Waals surface area contributed by atoms with Crippen molar-refractivity contribution in [3.63, 3.8) is 0 Å². The molecule has 1 aromatic rings. The van der Waals surface area contributed by atoms with Crippen LogP contribution in [-0.2, 0) is 9.59 Å². The molecule has 0 bridgehead atoms. The zero-order valence-corrected chi connectivity index (χ0v) is 13.7. The molecular weight excluding hydrogens is 306 g/mol. The lowest BCUT2D eigenvalue weighted by atomic mass is 9.81. The summed E-state index contributed by atoms with van der Waals surface area (Å²) in [6, 6.07) is 9.37. The maximum absolute atomic E-state index is 12.4. The third-order valence-corrected chi connectivity index (χ3v) is 4.84. The highest BCUT2D eigenvalue weighted by Gasteiger charge is 2.32. The van der Waals surface area contributed by atoms with Gasteiger partial charge in [0.1, 0.15) is 6.54 Å². The number of nitrogens with one attached hydrogen (secondary N) is 2. The number of imide groups is 1. The van der Waals surface area contributed by atoms with Gasteiger partial charge in [-0.2, -0.15) is 0 Å². The molecule has 0 unspecified atom stereocenters. The van der Waals surface area contributed by atoms with E-state index in [0.717, 1.165) is 23.3 Å². The van der Waals surface area contributed by atoms with Gasteiger partial charge < -0.3 is 10.6 Å². The predicted molar refractivity (Wildman–Crippen MR) is 89.0 cm³/mol. The molecule has 2 N–H and O–H groups in total. The first kappa shape index (κ1) is 16.5. The maximum atomic E-state index is 12.4. The van der Waals surface area contributed by atoms with Crippen molar-refractivity contribution >= 4 is 17.8 Å². The van der Waals surface area contributed by atoms with E-state index in [4.69, 9.17) is 0 Å². The van der Waals surface area contributed by atoms with Gasteiger partial charge >= 0.3 is 6.03 Å². The summed E-state index contributed by atoms with van der Waals surface area (Å²) in [5.41, 5.74) is 1.08. The molecule has 6 nitrogen and oxygen atoms in total. The quantitative estimate of drug-likeness (QED) is 0.811. The lowest BCUT2D eigenvalue weighted by Crippen LogP contribution is -2.43. The first-order chi connectivity index (χ1) is 11.6. The van der Waals surface area contributed by atoms with Crippen LogP contribution in [0.2, 0.25) is 0 Å². The van der Waals surface area contributed by atoms with Crippen molar-refractivity contribution in [1.82, 2.24) is 15.5 Å². The Labute approximate surface area is 141 Å². The fraction of sp³-hybridized carbons (Fsp3) is 0.500. The number of rotatable bonds is 5. The smallest absolute Gasteiger partial charge is 0.325 e. The number of hydrogen-bond acceptors (Lipinski definition) is 3. The molecule has 128 valence electrons. The Balaban J connectivity index is 1.70. The SMILES string of the molecule is O=C(CN1C(=O)CNC1=O)N[C@H](c1ccccc1)C1CCCCC1. The third kappa shape index (κ3) is 3.75. The van der Waals surface area contributed by atoms with Gasteiger partial charge in [-0.25, -0.2) is 4.79 Å². The maximum Gasteiger partial charge on any atom is 0.325 e. The van der Waals surface area contributed by atoms with Gasteiger partial charge in [0.25, 0.3) is 5.91 Å². The van der Waals surface area contributed by atoms with E-state index in [9.17, 15) is 14.4 Å². The van der Waals surface area contributed by atoms with Crippen LogP contribution in [0, 0.1) is 5.92 Å². The summed E-state index contributed by atoms with van der Waals surface area (Å²) in [4.78, 5) is 36.6. The molecule has 6 heteroatoms. The molecule has 1 saturated carbocycles. The summed E-state index contributed by atoms with van der Waals surface area (Å²) >= 11 is 0. The molecule has 0 radical (unpaired) electrons. The Bertz CT molecular complexity index is 595. The van der Waals surface area contributed by atoms with Crippen LogP contribution in [0.4, 0.5) is 4.79 Å². The van der Waals surface area contributed by atoms with E-state index in [-0.39, 0.29) is 30.9 Å². The monoisotopic (exact) mass is 329 g/mol. The minimum absolute atomic E-state index is 0.0309. The molecule has 1 heterocycles. The Morgan fingerprint density at radius 2 is 1.88 bits per heavy atom. The van der Waals surface area contributed by atoms with Gasteiger partial charge in [-0.15, -0.1) is 0 Å². The zero-order valence-electron chi connectivity index (χ0n) is 13.7. The molecule has 2 fully saturated rings. The van der Waals surface area contributed by atoms with Crippen LogP contribution < -0.4 is 10.6 Å². The lowest BCUT2D eigenvalue weighted by Gasteiger charge is -2.31. The van der Waals surface area contributed by atoms with Crippen LogP contribution in [0.5, 0.6) is 0 Å². The normalized spacial score (nSPS) is 19.9. The second-order valence-corrected chi connectivity index (χ2v) is 6.49. The van der Waals surface area contributed by atoms with Crippen LogP contribution in [0.3, 0.4) is 0 Å². The number of urea groups is 1. The highest BCUT2D eigenvalue weighted by atomic mass is 16.2. The average Bonchev–Trinajstić information content (AvgIpc) is 2.93. The van der Waals surface area contributed by atoms with Crippen LogP contribution in [0.1, 0.15) is 43.7 Å². The molecule has 0 spiro atoms. The predicted octanol–water partition coefficient (Wildman–Crippen LogP) is 1.98. The van der Waals surface area contributed by atoms with Gasteiger partial charge in [-0.1, -0.05) is 49.6 Å². The molecule has 2 aliphatic rings. The van der Waals surface area contributed by atoms with E-state index < -0.39 is 6.03 Å². The fourth-order valence-electron chi connectivity index (χ4n) is 3.58. The molecule has 1 aromatic carbocycles. The number of hydrogen-bond donors (Lipinski definition) is 2. The van der Waals surface area contributed by atoms with Crippen LogP contribution in [0.15, 0.2) is 30.3 Å². The van der Waals surface area contributed by atoms with Gasteiger partial charge in [0.2, 0.25) is 5.91 Å². The van der Waals surface area contributed by atoms with Crippen LogP contribution >= 0.6 is 0 Å². The first-order valence-electron chi connectivity index (χ1n) is 8.57. The van der Waals surface area contributed by atoms with E-state index in [1.54, 1.807) is 0 Å². The van der Waals surface area contributed by atoms with Gasteiger partial charge in [-0.3, -0.25) is 14.5 Å². The summed E-state index contributed by atoms with van der Waals surface area (Å²) in [7, 11) is 0. The van der Waals surface area contributed by atoms with Crippen LogP contribution in [0.25, 0.3) is 0 Å². The number of carbonyl (C=O) groups is 3. The van der Waals surface area contributed by atoms with Crippen molar-refractivity contribution in [2.75, 3.05) is 13.1 Å². The standard InChI is InChI=1S/C18H23N3O3/c22-15(12-21-16(23)11-19-18(21)24)20-17(13-7-3-1-4-8-13)14-9-5-2-6-10-14/h1,3-4,7-8,14,17H,2,5-6,9-12H2,(H,19,24)(H,20,22)/t17-/m1/s1. The minimum atomic E-state index is -0.496.